The number of hydrogen-bond donors (Lipinski definition) is 0. The first-order valence-electron chi connectivity index (χ1n) is 17.4. The van der Waals surface area contributed by atoms with Gasteiger partial charge in [0.1, 0.15) is 26.2 Å². The summed E-state index contributed by atoms with van der Waals surface area (Å²) in [7, 11) is 3.67. The van der Waals surface area contributed by atoms with Crippen LogP contribution in [0.15, 0.2) is 121 Å². The lowest BCUT2D eigenvalue weighted by molar-refractivity contribution is -0.791. The predicted molar refractivity (Wildman–Crippen MR) is 197 cm³/mol. The molecule has 0 saturated carbocycles. The van der Waals surface area contributed by atoms with Crippen molar-refractivity contribution in [2.45, 2.75) is 13.8 Å². The standard InChI is InChI=1S/2C20H20BNO4/c2*1-15-8-10-17(11-9-15)18(16-6-4-3-5-7-16)12-21-22(2,13-19(23)25-21)14-20(24)26-21/h2*3-12H,13-14H2,1-2H3/b2*18-12+. The molecule has 4 aliphatic rings. The van der Waals surface area contributed by atoms with Crippen molar-refractivity contribution in [3.63, 3.8) is 0 Å². The molecule has 0 atom stereocenters. The third kappa shape index (κ3) is 6.35. The molecule has 4 aliphatic heterocycles. The van der Waals surface area contributed by atoms with Crippen molar-refractivity contribution in [3.05, 3.63) is 155 Å². The van der Waals surface area contributed by atoms with Crippen LogP contribution in [0.3, 0.4) is 0 Å². The maximum Gasteiger partial charge on any atom is 0.608 e. The van der Waals surface area contributed by atoms with Crippen LogP contribution in [0.1, 0.15) is 33.4 Å². The van der Waals surface area contributed by atoms with E-state index in [0.717, 1.165) is 44.5 Å². The number of rotatable bonds is 6. The van der Waals surface area contributed by atoms with E-state index in [-0.39, 0.29) is 58.8 Å². The van der Waals surface area contributed by atoms with Crippen molar-refractivity contribution in [1.82, 2.24) is 0 Å². The van der Waals surface area contributed by atoms with Gasteiger partial charge in [-0.2, -0.15) is 0 Å². The lowest BCUT2D eigenvalue weighted by Crippen LogP contribution is -2.59. The highest BCUT2D eigenvalue weighted by molar-refractivity contribution is 6.72. The van der Waals surface area contributed by atoms with Gasteiger partial charge in [-0.3, -0.25) is 19.2 Å². The molecular weight excluding hydrogens is 658 g/mol. The zero-order valence-electron chi connectivity index (χ0n) is 29.7. The summed E-state index contributed by atoms with van der Waals surface area (Å²) >= 11 is 0. The van der Waals surface area contributed by atoms with Gasteiger partial charge in [-0.25, -0.2) is 0 Å². The quantitative estimate of drug-likeness (QED) is 0.262. The van der Waals surface area contributed by atoms with E-state index in [4.69, 9.17) is 18.6 Å². The van der Waals surface area contributed by atoms with Crippen LogP contribution < -0.4 is 0 Å². The fraction of sp³-hybridized carbons (Fsp3) is 0.200. The maximum absolute atomic E-state index is 12.0. The molecule has 0 spiro atoms. The van der Waals surface area contributed by atoms with Crippen molar-refractivity contribution in [3.8, 4) is 0 Å². The van der Waals surface area contributed by atoms with E-state index in [9.17, 15) is 19.2 Å². The molecule has 4 saturated heterocycles. The zero-order chi connectivity index (χ0) is 36.7. The lowest BCUT2D eigenvalue weighted by Gasteiger charge is -2.38. The molecule has 0 amide bonds. The van der Waals surface area contributed by atoms with Gasteiger partial charge in [0.15, 0.2) is 0 Å². The zero-order valence-corrected chi connectivity index (χ0v) is 29.7. The van der Waals surface area contributed by atoms with E-state index in [1.807, 2.05) is 149 Å². The van der Waals surface area contributed by atoms with Crippen LogP contribution >= 0.6 is 0 Å². The largest absolute Gasteiger partial charge is 0.608 e. The number of hydrogen-bond acceptors (Lipinski definition) is 8. The molecule has 4 aromatic carbocycles. The molecule has 0 N–H and O–H groups in total. The summed E-state index contributed by atoms with van der Waals surface area (Å²) in [5.74, 6) is 2.33. The predicted octanol–water partition coefficient (Wildman–Crippen LogP) is 4.93. The Balaban J connectivity index is 0.000000162. The van der Waals surface area contributed by atoms with Gasteiger partial charge in [0.25, 0.3) is 0 Å². The molecule has 4 aromatic rings. The number of carbonyl (C=O) groups is 4. The van der Waals surface area contributed by atoms with Gasteiger partial charge < -0.3 is 27.4 Å². The highest BCUT2D eigenvalue weighted by Gasteiger charge is 2.65. The van der Waals surface area contributed by atoms with Crippen LogP contribution in [0, 0.1) is 13.8 Å². The molecule has 4 heterocycles. The number of nitrogens with zero attached hydrogens (tertiary/aromatic N) is 2. The molecule has 0 bridgehead atoms. The molecule has 0 unspecified atom stereocenters. The number of quaternary nitrogens is 2. The molecule has 12 heteroatoms. The van der Waals surface area contributed by atoms with Gasteiger partial charge in [0.2, 0.25) is 0 Å². The Morgan fingerprint density at radius 3 is 1.02 bits per heavy atom. The first-order valence-corrected chi connectivity index (χ1v) is 17.4. The topological polar surface area (TPSA) is 105 Å². The molecular formula is C40H40B2N2O8. The summed E-state index contributed by atoms with van der Waals surface area (Å²) < 4.78 is 22.8. The molecule has 0 aliphatic carbocycles. The van der Waals surface area contributed by atoms with Gasteiger partial charge in [-0.15, -0.1) is 0 Å². The van der Waals surface area contributed by atoms with E-state index in [1.165, 1.54) is 0 Å². The minimum absolute atomic E-state index is 0.137. The van der Waals surface area contributed by atoms with Crippen molar-refractivity contribution in [2.24, 2.45) is 0 Å². The first kappa shape index (κ1) is 34.7. The third-order valence-corrected chi connectivity index (χ3v) is 10.5. The summed E-state index contributed by atoms with van der Waals surface area (Å²) in [5.41, 5.74) is 8.01. The summed E-state index contributed by atoms with van der Waals surface area (Å²) in [5, 5.41) is 0. The minimum atomic E-state index is -2.22. The fourth-order valence-electron chi connectivity index (χ4n) is 7.60. The molecule has 4 fully saturated rings. The van der Waals surface area contributed by atoms with E-state index < -0.39 is 13.4 Å². The number of aryl methyl sites for hydroxylation is 2. The molecule has 0 aromatic heterocycles. The maximum atomic E-state index is 12.0. The number of fused-ring (bicyclic) bond motifs is 2. The summed E-state index contributed by atoms with van der Waals surface area (Å²) in [6.07, 6.45) is 0. The number of likely N-dealkylation sites (N-methyl/N-ethyl adjacent to an activating group) is 2. The van der Waals surface area contributed by atoms with E-state index in [2.05, 4.69) is 0 Å². The lowest BCUT2D eigenvalue weighted by atomic mass is 9.65. The van der Waals surface area contributed by atoms with Crippen LogP contribution in [0.25, 0.3) is 11.1 Å². The van der Waals surface area contributed by atoms with Crippen LogP contribution in [0.4, 0.5) is 0 Å². The monoisotopic (exact) mass is 698 g/mol. The fourth-order valence-corrected chi connectivity index (χ4v) is 7.60. The van der Waals surface area contributed by atoms with Crippen molar-refractivity contribution < 1.29 is 46.6 Å². The Hall–Kier alpha value is -5.71. The smallest absolute Gasteiger partial charge is 0.596 e. The SMILES string of the molecule is Cc1ccc(/C(=C/[B-]23OC(=O)C[N+]2(C)CC(=O)O3)c2ccccc2)cc1.Cc1ccc(/C(=C/[B-]23OC(=O)C[N+]2(C)CC(=O)O3)c2ccccc2)cc1. The molecule has 264 valence electrons. The van der Waals surface area contributed by atoms with Gasteiger partial charge in [-0.05, 0) is 47.2 Å². The van der Waals surface area contributed by atoms with E-state index >= 15 is 0 Å². The molecule has 52 heavy (non-hydrogen) atoms. The number of carbonyl (C=O) groups excluding carboxylic acids is 4. The van der Waals surface area contributed by atoms with E-state index in [1.54, 1.807) is 0 Å². The van der Waals surface area contributed by atoms with Crippen molar-refractivity contribution in [1.29, 1.82) is 0 Å². The Labute approximate surface area is 303 Å². The first-order chi connectivity index (χ1) is 24.8. The second kappa shape index (κ2) is 13.1. The van der Waals surface area contributed by atoms with E-state index in [0.29, 0.717) is 0 Å². The Morgan fingerprint density at radius 1 is 0.462 bits per heavy atom. The summed E-state index contributed by atoms with van der Waals surface area (Å²) in [4.78, 5) is 48.1. The normalized spacial score (nSPS) is 27.8. The van der Waals surface area contributed by atoms with Gasteiger partial charge in [-0.1, -0.05) is 132 Å². The Kier molecular flexibility index (Phi) is 8.76. The average Bonchev–Trinajstić information content (AvgIpc) is 3.68. The summed E-state index contributed by atoms with van der Waals surface area (Å²) in [6, 6.07) is 35.9. The van der Waals surface area contributed by atoms with Crippen molar-refractivity contribution >= 4 is 48.4 Å². The van der Waals surface area contributed by atoms with Crippen LogP contribution in [-0.4, -0.2) is 86.3 Å². The van der Waals surface area contributed by atoms with Crippen LogP contribution in [-0.2, 0) is 37.8 Å². The van der Waals surface area contributed by atoms with Crippen molar-refractivity contribution in [2.75, 3.05) is 40.3 Å². The van der Waals surface area contributed by atoms with Crippen LogP contribution in [0.5, 0.6) is 0 Å². The second-order valence-corrected chi connectivity index (χ2v) is 14.6. The highest BCUT2D eigenvalue weighted by atomic mass is 16.7. The molecule has 8 rings (SSSR count). The molecule has 10 nitrogen and oxygen atoms in total. The molecule has 0 radical (unpaired) electrons. The third-order valence-electron chi connectivity index (χ3n) is 10.5. The summed E-state index contributed by atoms with van der Waals surface area (Å²) in [6.45, 7) is 0.164. The number of benzene rings is 4. The van der Waals surface area contributed by atoms with Crippen LogP contribution in [0.2, 0.25) is 0 Å². The average molecular weight is 698 g/mol. The second-order valence-electron chi connectivity index (χ2n) is 14.6. The van der Waals surface area contributed by atoms with Gasteiger partial charge in [0, 0.05) is 14.1 Å². The highest BCUT2D eigenvalue weighted by Crippen LogP contribution is 2.39. The Bertz CT molecular complexity index is 1920. The minimum Gasteiger partial charge on any atom is -0.596 e. The van der Waals surface area contributed by atoms with Gasteiger partial charge in [0.05, 0.1) is 0 Å². The van der Waals surface area contributed by atoms with Gasteiger partial charge >= 0.3 is 37.3 Å². The Morgan fingerprint density at radius 2 is 0.731 bits per heavy atom.